The molecule has 3 heterocycles. The van der Waals surface area contributed by atoms with Crippen LogP contribution in [0, 0.1) is 0 Å². The predicted octanol–water partition coefficient (Wildman–Crippen LogP) is 6.34. The Kier molecular flexibility index (Phi) is 6.58. The van der Waals surface area contributed by atoms with Crippen molar-refractivity contribution in [2.24, 2.45) is 0 Å². The van der Waals surface area contributed by atoms with Gasteiger partial charge in [0.1, 0.15) is 13.1 Å². The summed E-state index contributed by atoms with van der Waals surface area (Å²) in [5.41, 5.74) is 3.23. The number of anilines is 1. The van der Waals surface area contributed by atoms with Gasteiger partial charge in [-0.3, -0.25) is 19.1 Å². The summed E-state index contributed by atoms with van der Waals surface area (Å²) in [7, 11) is 0. The number of rotatable bonds is 6. The standard InChI is InChI=1S/C26H18F6N6O/c27-25(28,29)14-37-12-18(10-34-37)16-4-6-17(7-5-16)24(39)36-22-3-1-2-21-20(8-9-33-23(21)22)19-11-35-38(13-19)15-26(30,31)32/h1-13H,14-15H2,(H,36,39). The Balaban J connectivity index is 1.35. The first kappa shape index (κ1) is 25.9. The number of amides is 1. The number of nitrogens with one attached hydrogen (secondary N) is 1. The summed E-state index contributed by atoms with van der Waals surface area (Å²) in [6.45, 7) is -2.42. The Morgan fingerprint density at radius 1 is 0.769 bits per heavy atom. The lowest BCUT2D eigenvalue weighted by Gasteiger charge is -2.11. The van der Waals surface area contributed by atoms with Gasteiger partial charge in [0.15, 0.2) is 0 Å². The number of halogens is 6. The number of pyridine rings is 1. The van der Waals surface area contributed by atoms with Crippen LogP contribution < -0.4 is 5.32 Å². The molecule has 1 N–H and O–H groups in total. The monoisotopic (exact) mass is 544 g/mol. The molecule has 0 fully saturated rings. The summed E-state index contributed by atoms with van der Waals surface area (Å²) in [6.07, 6.45) is -2.10. The van der Waals surface area contributed by atoms with Gasteiger partial charge in [0.25, 0.3) is 5.91 Å². The molecule has 0 aliphatic carbocycles. The minimum atomic E-state index is -4.41. The zero-order valence-corrected chi connectivity index (χ0v) is 19.8. The van der Waals surface area contributed by atoms with Crippen LogP contribution in [0.5, 0.6) is 0 Å². The minimum Gasteiger partial charge on any atom is -0.320 e. The van der Waals surface area contributed by atoms with Crippen LogP contribution in [0.15, 0.2) is 79.5 Å². The van der Waals surface area contributed by atoms with Gasteiger partial charge in [0.2, 0.25) is 0 Å². The van der Waals surface area contributed by atoms with E-state index in [2.05, 4.69) is 20.5 Å². The van der Waals surface area contributed by atoms with E-state index in [0.717, 1.165) is 9.36 Å². The van der Waals surface area contributed by atoms with E-state index in [9.17, 15) is 31.1 Å². The SMILES string of the molecule is O=C(Nc1cccc2c(-c3cnn(CC(F)(F)F)c3)ccnc12)c1ccc(-c2cnn(CC(F)(F)F)c2)cc1. The number of benzene rings is 2. The van der Waals surface area contributed by atoms with Crippen LogP contribution >= 0.6 is 0 Å². The highest BCUT2D eigenvalue weighted by Gasteiger charge is 2.29. The fraction of sp³-hybridized carbons (Fsp3) is 0.154. The molecular formula is C26H18F6N6O. The molecule has 3 aromatic heterocycles. The van der Waals surface area contributed by atoms with Crippen LogP contribution in [0.3, 0.4) is 0 Å². The van der Waals surface area contributed by atoms with Crippen LogP contribution in [-0.2, 0) is 13.1 Å². The number of nitrogens with zero attached hydrogens (tertiary/aromatic N) is 5. The third-order valence-electron chi connectivity index (χ3n) is 5.76. The van der Waals surface area contributed by atoms with Crippen molar-refractivity contribution in [2.75, 3.05) is 5.32 Å². The first-order valence-electron chi connectivity index (χ1n) is 11.4. The van der Waals surface area contributed by atoms with Crippen molar-refractivity contribution in [2.45, 2.75) is 25.4 Å². The molecule has 5 aromatic rings. The van der Waals surface area contributed by atoms with E-state index in [-0.39, 0.29) is 0 Å². The third-order valence-corrected chi connectivity index (χ3v) is 5.76. The first-order chi connectivity index (χ1) is 18.4. The maximum Gasteiger partial charge on any atom is 0.408 e. The normalized spacial score (nSPS) is 12.2. The molecule has 39 heavy (non-hydrogen) atoms. The maximum atomic E-state index is 13.0. The van der Waals surface area contributed by atoms with Crippen LogP contribution in [0.25, 0.3) is 33.2 Å². The van der Waals surface area contributed by atoms with Crippen LogP contribution in [0.2, 0.25) is 0 Å². The molecule has 0 radical (unpaired) electrons. The van der Waals surface area contributed by atoms with E-state index in [4.69, 9.17) is 0 Å². The molecule has 0 saturated carbocycles. The first-order valence-corrected chi connectivity index (χ1v) is 11.4. The highest BCUT2D eigenvalue weighted by molar-refractivity contribution is 6.10. The highest BCUT2D eigenvalue weighted by Crippen LogP contribution is 2.32. The van der Waals surface area contributed by atoms with Crippen LogP contribution in [-0.4, -0.2) is 42.8 Å². The molecular weight excluding hydrogens is 526 g/mol. The Bertz CT molecular complexity index is 1640. The summed E-state index contributed by atoms with van der Waals surface area (Å²) in [4.78, 5) is 17.3. The second-order valence-corrected chi connectivity index (χ2v) is 8.68. The van der Waals surface area contributed by atoms with Crippen molar-refractivity contribution in [3.8, 4) is 22.3 Å². The number of hydrogen-bond donors (Lipinski definition) is 1. The van der Waals surface area contributed by atoms with Crippen LogP contribution in [0.4, 0.5) is 32.0 Å². The lowest BCUT2D eigenvalue weighted by molar-refractivity contribution is -0.143. The zero-order chi connectivity index (χ0) is 27.8. The molecule has 0 spiro atoms. The fourth-order valence-electron chi connectivity index (χ4n) is 4.09. The van der Waals surface area contributed by atoms with E-state index in [0.29, 0.717) is 44.4 Å². The van der Waals surface area contributed by atoms with Crippen molar-refractivity contribution < 1.29 is 31.1 Å². The van der Waals surface area contributed by atoms with Crippen molar-refractivity contribution in [1.82, 2.24) is 24.5 Å². The van der Waals surface area contributed by atoms with Crippen LogP contribution in [0.1, 0.15) is 10.4 Å². The molecule has 0 saturated heterocycles. The molecule has 0 atom stereocenters. The average molecular weight is 544 g/mol. The van der Waals surface area contributed by atoms with Gasteiger partial charge < -0.3 is 5.32 Å². The largest absolute Gasteiger partial charge is 0.408 e. The van der Waals surface area contributed by atoms with Crippen molar-refractivity contribution >= 4 is 22.5 Å². The van der Waals surface area contributed by atoms with E-state index < -0.39 is 31.3 Å². The molecule has 0 aliphatic heterocycles. The van der Waals surface area contributed by atoms with Gasteiger partial charge in [-0.1, -0.05) is 24.3 Å². The summed E-state index contributed by atoms with van der Waals surface area (Å²) >= 11 is 0. The molecule has 0 unspecified atom stereocenters. The molecule has 7 nitrogen and oxygen atoms in total. The Labute approximate surface area is 216 Å². The molecule has 0 bridgehead atoms. The van der Waals surface area contributed by atoms with Gasteiger partial charge in [-0.05, 0) is 35.4 Å². The van der Waals surface area contributed by atoms with E-state index in [1.54, 1.807) is 36.4 Å². The predicted molar refractivity (Wildman–Crippen MR) is 131 cm³/mol. The van der Waals surface area contributed by atoms with Gasteiger partial charge in [0.05, 0.1) is 23.6 Å². The fourth-order valence-corrected chi connectivity index (χ4v) is 4.09. The number of alkyl halides is 6. The molecule has 2 aromatic carbocycles. The van der Waals surface area contributed by atoms with Gasteiger partial charge in [-0.15, -0.1) is 0 Å². The number of hydrogen-bond acceptors (Lipinski definition) is 4. The maximum absolute atomic E-state index is 13.0. The Morgan fingerprint density at radius 3 is 2.03 bits per heavy atom. The Morgan fingerprint density at radius 2 is 1.38 bits per heavy atom. The highest BCUT2D eigenvalue weighted by atomic mass is 19.4. The van der Waals surface area contributed by atoms with Gasteiger partial charge in [-0.2, -0.15) is 36.5 Å². The average Bonchev–Trinajstić information content (AvgIpc) is 3.51. The second kappa shape index (κ2) is 9.89. The summed E-state index contributed by atoms with van der Waals surface area (Å²) in [5, 5.41) is 10.9. The van der Waals surface area contributed by atoms with Gasteiger partial charge in [-0.25, -0.2) is 0 Å². The van der Waals surface area contributed by atoms with Gasteiger partial charge >= 0.3 is 12.4 Å². The second-order valence-electron chi connectivity index (χ2n) is 8.68. The minimum absolute atomic E-state index is 0.294. The van der Waals surface area contributed by atoms with Crippen molar-refractivity contribution in [3.05, 3.63) is 85.1 Å². The molecule has 5 rings (SSSR count). The van der Waals surface area contributed by atoms with E-state index in [1.165, 1.54) is 43.1 Å². The molecule has 13 heteroatoms. The topological polar surface area (TPSA) is 77.6 Å². The quantitative estimate of drug-likeness (QED) is 0.253. The number of fused-ring (bicyclic) bond motifs is 1. The summed E-state index contributed by atoms with van der Waals surface area (Å²) in [5.74, 6) is -0.452. The zero-order valence-electron chi connectivity index (χ0n) is 19.8. The summed E-state index contributed by atoms with van der Waals surface area (Å²) in [6, 6.07) is 13.0. The van der Waals surface area contributed by atoms with Crippen molar-refractivity contribution in [1.29, 1.82) is 0 Å². The number of aromatic nitrogens is 5. The lowest BCUT2D eigenvalue weighted by Crippen LogP contribution is -2.17. The third kappa shape index (κ3) is 6.08. The van der Waals surface area contributed by atoms with E-state index >= 15 is 0 Å². The number of carbonyl (C=O) groups excluding carboxylic acids is 1. The smallest absolute Gasteiger partial charge is 0.320 e. The molecule has 0 aliphatic rings. The van der Waals surface area contributed by atoms with Crippen molar-refractivity contribution in [3.63, 3.8) is 0 Å². The number of carbonyl (C=O) groups is 1. The summed E-state index contributed by atoms with van der Waals surface area (Å²) < 4.78 is 77.5. The molecule has 200 valence electrons. The molecule has 1 amide bonds. The number of para-hydroxylation sites is 1. The van der Waals surface area contributed by atoms with Gasteiger partial charge in [0, 0.05) is 40.7 Å². The van der Waals surface area contributed by atoms with E-state index in [1.807, 2.05) is 0 Å². The lowest BCUT2D eigenvalue weighted by atomic mass is 10.0. The Hall–Kier alpha value is -4.68.